The van der Waals surface area contributed by atoms with Crippen LogP contribution in [0.25, 0.3) is 0 Å². The van der Waals surface area contributed by atoms with E-state index in [0.717, 1.165) is 30.1 Å². The number of hydrogen-bond acceptors (Lipinski definition) is 3. The molecule has 0 aliphatic carbocycles. The van der Waals surface area contributed by atoms with Crippen molar-refractivity contribution in [2.45, 2.75) is 12.8 Å². The van der Waals surface area contributed by atoms with Gasteiger partial charge in [0.05, 0.1) is 6.61 Å². The van der Waals surface area contributed by atoms with Crippen LogP contribution in [0.5, 0.6) is 17.2 Å². The summed E-state index contributed by atoms with van der Waals surface area (Å²) in [5, 5.41) is 0. The number of halogens is 1. The molecule has 0 aliphatic rings. The van der Waals surface area contributed by atoms with Gasteiger partial charge in [-0.2, -0.15) is 0 Å². The summed E-state index contributed by atoms with van der Waals surface area (Å²) >= 11 is 0. The second-order valence-corrected chi connectivity index (χ2v) is 4.21. The normalized spacial score (nSPS) is 9.65. The maximum absolute atomic E-state index is 5.82. The maximum atomic E-state index is 5.82. The van der Waals surface area contributed by atoms with E-state index in [4.69, 9.17) is 15.2 Å². The third-order valence-electron chi connectivity index (χ3n) is 2.68. The Labute approximate surface area is 126 Å². The number of rotatable bonds is 7. The summed E-state index contributed by atoms with van der Waals surface area (Å²) < 4.78 is 11.5. The zero-order chi connectivity index (χ0) is 13.3. The van der Waals surface area contributed by atoms with Gasteiger partial charge in [0, 0.05) is 0 Å². The van der Waals surface area contributed by atoms with Crippen LogP contribution in [0.3, 0.4) is 0 Å². The Bertz CT molecular complexity index is 491. The van der Waals surface area contributed by atoms with Crippen molar-refractivity contribution in [3.8, 4) is 17.2 Å². The summed E-state index contributed by atoms with van der Waals surface area (Å²) in [6.07, 6.45) is 1.93. The van der Waals surface area contributed by atoms with Crippen molar-refractivity contribution in [2.24, 2.45) is 5.73 Å². The topological polar surface area (TPSA) is 44.5 Å². The minimum absolute atomic E-state index is 0. The average Bonchev–Trinajstić information content (AvgIpc) is 2.46. The van der Waals surface area contributed by atoms with Crippen molar-refractivity contribution in [3.05, 3.63) is 54.6 Å². The zero-order valence-electron chi connectivity index (χ0n) is 11.3. The first-order valence-electron chi connectivity index (χ1n) is 6.55. The second-order valence-electron chi connectivity index (χ2n) is 4.21. The van der Waals surface area contributed by atoms with Gasteiger partial charge in [0.25, 0.3) is 0 Å². The summed E-state index contributed by atoms with van der Waals surface area (Å²) in [6, 6.07) is 17.4. The van der Waals surface area contributed by atoms with Crippen molar-refractivity contribution in [2.75, 3.05) is 13.2 Å². The Hall–Kier alpha value is -1.71. The first-order chi connectivity index (χ1) is 9.40. The predicted molar refractivity (Wildman–Crippen MR) is 84.0 cm³/mol. The highest BCUT2D eigenvalue weighted by Crippen LogP contribution is 2.31. The van der Waals surface area contributed by atoms with E-state index in [0.29, 0.717) is 13.2 Å². The van der Waals surface area contributed by atoms with Gasteiger partial charge < -0.3 is 15.2 Å². The molecule has 0 fully saturated rings. The van der Waals surface area contributed by atoms with E-state index in [1.54, 1.807) is 0 Å². The van der Waals surface area contributed by atoms with Crippen LogP contribution in [0.15, 0.2) is 54.6 Å². The molecular weight excluding hydrogens is 274 g/mol. The molecule has 0 spiro atoms. The van der Waals surface area contributed by atoms with Crippen LogP contribution in [0.1, 0.15) is 12.8 Å². The molecule has 4 heteroatoms. The molecule has 0 heterocycles. The highest BCUT2D eigenvalue weighted by atomic mass is 35.5. The molecule has 0 amide bonds. The van der Waals surface area contributed by atoms with Crippen LogP contribution in [0, 0.1) is 0 Å². The van der Waals surface area contributed by atoms with Gasteiger partial charge in [-0.1, -0.05) is 30.3 Å². The maximum Gasteiger partial charge on any atom is 0.169 e. The number of nitrogens with two attached hydrogens (primary N) is 1. The molecule has 0 aliphatic heterocycles. The Kier molecular flexibility index (Phi) is 7.55. The third kappa shape index (κ3) is 5.11. The van der Waals surface area contributed by atoms with Gasteiger partial charge in [-0.3, -0.25) is 0 Å². The molecule has 0 aromatic heterocycles. The lowest BCUT2D eigenvalue weighted by molar-refractivity contribution is 0.294. The van der Waals surface area contributed by atoms with Gasteiger partial charge in [0.15, 0.2) is 11.5 Å². The molecule has 2 rings (SSSR count). The summed E-state index contributed by atoms with van der Waals surface area (Å²) in [6.45, 7) is 1.36. The molecule has 20 heavy (non-hydrogen) atoms. The largest absolute Gasteiger partial charge is 0.490 e. The van der Waals surface area contributed by atoms with Crippen LogP contribution < -0.4 is 15.2 Å². The molecule has 3 nitrogen and oxygen atoms in total. The second kappa shape index (κ2) is 9.23. The van der Waals surface area contributed by atoms with Crippen molar-refractivity contribution in [1.29, 1.82) is 0 Å². The number of hydrogen-bond donors (Lipinski definition) is 1. The van der Waals surface area contributed by atoms with Crippen molar-refractivity contribution in [1.82, 2.24) is 0 Å². The first kappa shape index (κ1) is 16.3. The Morgan fingerprint density at radius 2 is 1.45 bits per heavy atom. The van der Waals surface area contributed by atoms with Gasteiger partial charge in [-0.25, -0.2) is 0 Å². The predicted octanol–water partition coefficient (Wildman–Crippen LogP) is 4.02. The molecular formula is C16H20ClNO2. The van der Waals surface area contributed by atoms with Gasteiger partial charge in [0.1, 0.15) is 5.75 Å². The Morgan fingerprint density at radius 1 is 0.800 bits per heavy atom. The molecule has 2 N–H and O–H groups in total. The molecule has 108 valence electrons. The van der Waals surface area contributed by atoms with E-state index in [1.165, 1.54) is 0 Å². The number of benzene rings is 2. The van der Waals surface area contributed by atoms with Crippen molar-refractivity contribution >= 4 is 12.4 Å². The number of para-hydroxylation sites is 3. The van der Waals surface area contributed by atoms with Crippen molar-refractivity contribution in [3.63, 3.8) is 0 Å². The Morgan fingerprint density at radius 3 is 2.15 bits per heavy atom. The monoisotopic (exact) mass is 293 g/mol. The van der Waals surface area contributed by atoms with Gasteiger partial charge >= 0.3 is 0 Å². The highest BCUT2D eigenvalue weighted by molar-refractivity contribution is 5.85. The lowest BCUT2D eigenvalue weighted by atomic mass is 10.3. The first-order valence-corrected chi connectivity index (χ1v) is 6.55. The minimum Gasteiger partial charge on any atom is -0.490 e. The van der Waals surface area contributed by atoms with Crippen LogP contribution in [0.4, 0.5) is 0 Å². The lowest BCUT2D eigenvalue weighted by Gasteiger charge is -2.12. The van der Waals surface area contributed by atoms with Crippen LogP contribution in [-0.2, 0) is 0 Å². The van der Waals surface area contributed by atoms with E-state index in [2.05, 4.69) is 0 Å². The molecule has 2 aromatic rings. The molecule has 0 saturated heterocycles. The molecule has 0 unspecified atom stereocenters. The quantitative estimate of drug-likeness (QED) is 0.784. The van der Waals surface area contributed by atoms with Crippen LogP contribution in [0.2, 0.25) is 0 Å². The number of unbranched alkanes of at least 4 members (excludes halogenated alkanes) is 1. The van der Waals surface area contributed by atoms with E-state index in [1.807, 2.05) is 54.6 Å². The van der Waals surface area contributed by atoms with Crippen molar-refractivity contribution < 1.29 is 9.47 Å². The van der Waals surface area contributed by atoms with E-state index in [9.17, 15) is 0 Å². The third-order valence-corrected chi connectivity index (χ3v) is 2.68. The zero-order valence-corrected chi connectivity index (χ0v) is 12.1. The molecule has 2 aromatic carbocycles. The summed E-state index contributed by atoms with van der Waals surface area (Å²) in [7, 11) is 0. The summed E-state index contributed by atoms with van der Waals surface area (Å²) in [5.74, 6) is 2.31. The molecule has 0 saturated carbocycles. The fourth-order valence-electron chi connectivity index (χ4n) is 1.70. The lowest BCUT2D eigenvalue weighted by Crippen LogP contribution is -2.03. The van der Waals surface area contributed by atoms with E-state index < -0.39 is 0 Å². The summed E-state index contributed by atoms with van der Waals surface area (Å²) in [5.41, 5.74) is 5.46. The SMILES string of the molecule is Cl.NCCCCOc1ccccc1Oc1ccccc1. The van der Waals surface area contributed by atoms with E-state index in [-0.39, 0.29) is 12.4 Å². The van der Waals surface area contributed by atoms with Gasteiger partial charge in [-0.05, 0) is 43.7 Å². The smallest absolute Gasteiger partial charge is 0.169 e. The molecule has 0 atom stereocenters. The van der Waals surface area contributed by atoms with Gasteiger partial charge in [-0.15, -0.1) is 12.4 Å². The fourth-order valence-corrected chi connectivity index (χ4v) is 1.70. The molecule has 0 radical (unpaired) electrons. The molecule has 0 bridgehead atoms. The number of ether oxygens (including phenoxy) is 2. The standard InChI is InChI=1S/C16H19NO2.ClH/c17-12-6-7-13-18-15-10-4-5-11-16(15)19-14-8-2-1-3-9-14;/h1-5,8-11H,6-7,12-13,17H2;1H. The minimum atomic E-state index is 0. The average molecular weight is 294 g/mol. The van der Waals surface area contributed by atoms with Crippen LogP contribution >= 0.6 is 12.4 Å². The summed E-state index contributed by atoms with van der Waals surface area (Å²) in [4.78, 5) is 0. The van der Waals surface area contributed by atoms with E-state index >= 15 is 0 Å². The van der Waals surface area contributed by atoms with Crippen LogP contribution in [-0.4, -0.2) is 13.2 Å². The van der Waals surface area contributed by atoms with Gasteiger partial charge in [0.2, 0.25) is 0 Å². The highest BCUT2D eigenvalue weighted by Gasteiger charge is 2.04. The Balaban J connectivity index is 0.00000200. The fraction of sp³-hybridized carbons (Fsp3) is 0.250.